The van der Waals surface area contributed by atoms with E-state index in [-0.39, 0.29) is 24.2 Å². The molecule has 22 heavy (non-hydrogen) atoms. The van der Waals surface area contributed by atoms with E-state index in [9.17, 15) is 9.18 Å². The highest BCUT2D eigenvalue weighted by Crippen LogP contribution is 2.32. The lowest BCUT2D eigenvalue weighted by atomic mass is 10.0. The van der Waals surface area contributed by atoms with Crippen molar-refractivity contribution < 1.29 is 9.18 Å². The second-order valence-corrected chi connectivity index (χ2v) is 7.28. The minimum Gasteiger partial charge on any atom is -0.322 e. The van der Waals surface area contributed by atoms with E-state index in [1.807, 2.05) is 0 Å². The van der Waals surface area contributed by atoms with Crippen LogP contribution in [0.1, 0.15) is 23.4 Å². The summed E-state index contributed by atoms with van der Waals surface area (Å²) < 4.78 is 14.4. The average Bonchev–Trinajstić information content (AvgIpc) is 2.94. The first-order chi connectivity index (χ1) is 10.5. The average molecular weight is 383 g/mol. The highest BCUT2D eigenvalue weighted by atomic mass is 79.9. The molecule has 0 saturated heterocycles. The summed E-state index contributed by atoms with van der Waals surface area (Å²) in [6.45, 7) is 3.23. The Bertz CT molecular complexity index is 703. The minimum atomic E-state index is -0.436. The van der Waals surface area contributed by atoms with Crippen molar-refractivity contribution in [2.75, 3.05) is 18.4 Å². The molecule has 3 rings (SSSR count). The number of carbonyl (C=O) groups excluding carboxylic acids is 1. The van der Waals surface area contributed by atoms with Crippen molar-refractivity contribution in [2.45, 2.75) is 19.4 Å². The molecule has 116 valence electrons. The fraction of sp³-hybridized carbons (Fsp3) is 0.312. The van der Waals surface area contributed by atoms with Crippen molar-refractivity contribution >= 4 is 38.9 Å². The highest BCUT2D eigenvalue weighted by molar-refractivity contribution is 9.10. The fourth-order valence-electron chi connectivity index (χ4n) is 2.74. The number of halogens is 2. The van der Waals surface area contributed by atoms with Crippen molar-refractivity contribution in [2.24, 2.45) is 0 Å². The second-order valence-electron chi connectivity index (χ2n) is 5.37. The van der Waals surface area contributed by atoms with Gasteiger partial charge in [-0.05, 0) is 48.6 Å². The minimum absolute atomic E-state index is 0.188. The summed E-state index contributed by atoms with van der Waals surface area (Å²) in [5.41, 5.74) is 1.52. The first-order valence-corrected chi connectivity index (χ1v) is 8.77. The van der Waals surface area contributed by atoms with Crippen LogP contribution in [0.2, 0.25) is 0 Å². The first kappa shape index (κ1) is 15.6. The van der Waals surface area contributed by atoms with Crippen LogP contribution in [0.15, 0.2) is 34.1 Å². The zero-order valence-electron chi connectivity index (χ0n) is 12.1. The number of hydrogen-bond donors (Lipinski definition) is 1. The number of hydrogen-bond acceptors (Lipinski definition) is 3. The Hall–Kier alpha value is -1.24. The number of fused-ring (bicyclic) bond motifs is 1. The molecule has 0 fully saturated rings. The summed E-state index contributed by atoms with van der Waals surface area (Å²) in [5, 5.41) is 4.75. The van der Waals surface area contributed by atoms with Gasteiger partial charge in [-0.1, -0.05) is 15.9 Å². The van der Waals surface area contributed by atoms with E-state index in [4.69, 9.17) is 0 Å². The molecule has 0 aliphatic carbocycles. The molecule has 1 aliphatic rings. The molecule has 6 heteroatoms. The highest BCUT2D eigenvalue weighted by Gasteiger charge is 2.26. The molecule has 1 aromatic carbocycles. The molecule has 0 spiro atoms. The normalized spacial score (nSPS) is 18.0. The van der Waals surface area contributed by atoms with Crippen LogP contribution in [0.25, 0.3) is 0 Å². The molecular formula is C16H16BrFN2OS. The van der Waals surface area contributed by atoms with Crippen molar-refractivity contribution in [3.8, 4) is 0 Å². The van der Waals surface area contributed by atoms with E-state index in [0.29, 0.717) is 4.47 Å². The Kier molecular flexibility index (Phi) is 4.61. The Labute approximate surface area is 141 Å². The topological polar surface area (TPSA) is 32.3 Å². The van der Waals surface area contributed by atoms with Crippen LogP contribution in [0, 0.1) is 5.82 Å². The third-order valence-electron chi connectivity index (χ3n) is 3.96. The number of carbonyl (C=O) groups is 1. The Balaban J connectivity index is 1.65. The lowest BCUT2D eigenvalue weighted by molar-refractivity contribution is -0.117. The SMILES string of the molecule is C[C@H]1c2ccsc2CCN1CC(=O)Nc1ccc(Br)cc1F. The lowest BCUT2D eigenvalue weighted by Gasteiger charge is -2.32. The van der Waals surface area contributed by atoms with Gasteiger partial charge in [-0.2, -0.15) is 0 Å². The number of nitrogens with zero attached hydrogens (tertiary/aromatic N) is 1. The zero-order valence-corrected chi connectivity index (χ0v) is 14.5. The zero-order chi connectivity index (χ0) is 15.7. The molecular weight excluding hydrogens is 367 g/mol. The van der Waals surface area contributed by atoms with E-state index in [1.54, 1.807) is 23.5 Å². The molecule has 3 nitrogen and oxygen atoms in total. The third-order valence-corrected chi connectivity index (χ3v) is 5.45. The van der Waals surface area contributed by atoms with Gasteiger partial charge in [-0.15, -0.1) is 11.3 Å². The second kappa shape index (κ2) is 6.48. The predicted octanol–water partition coefficient (Wildman–Crippen LogP) is 4.21. The summed E-state index contributed by atoms with van der Waals surface area (Å²) >= 11 is 4.98. The molecule has 0 bridgehead atoms. The van der Waals surface area contributed by atoms with Gasteiger partial charge < -0.3 is 5.32 Å². The monoisotopic (exact) mass is 382 g/mol. The maximum absolute atomic E-state index is 13.8. The Morgan fingerprint density at radius 3 is 3.09 bits per heavy atom. The molecule has 2 heterocycles. The van der Waals surface area contributed by atoms with Crippen LogP contribution in [0.5, 0.6) is 0 Å². The van der Waals surface area contributed by atoms with Gasteiger partial charge in [0.25, 0.3) is 0 Å². The standard InChI is InChI=1S/C16H16BrFN2OS/c1-10-12-5-7-22-15(12)4-6-20(10)9-16(21)19-14-3-2-11(17)8-13(14)18/h2-3,5,7-8,10H,4,6,9H2,1H3,(H,19,21)/t10-/m0/s1. The molecule has 1 aliphatic heterocycles. The molecule has 0 unspecified atom stereocenters. The van der Waals surface area contributed by atoms with Crippen molar-refractivity contribution in [1.29, 1.82) is 0 Å². The van der Waals surface area contributed by atoms with Crippen LogP contribution in [-0.2, 0) is 11.2 Å². The van der Waals surface area contributed by atoms with Gasteiger partial charge in [-0.25, -0.2) is 4.39 Å². The van der Waals surface area contributed by atoms with Gasteiger partial charge in [-0.3, -0.25) is 9.69 Å². The summed E-state index contributed by atoms with van der Waals surface area (Å²) in [6.07, 6.45) is 0.970. The van der Waals surface area contributed by atoms with E-state index in [0.717, 1.165) is 13.0 Å². The van der Waals surface area contributed by atoms with E-state index in [2.05, 4.69) is 44.5 Å². The number of rotatable bonds is 3. The van der Waals surface area contributed by atoms with Crippen molar-refractivity contribution in [3.05, 3.63) is 50.4 Å². The van der Waals surface area contributed by atoms with Gasteiger partial charge in [0.1, 0.15) is 5.82 Å². The molecule has 0 radical (unpaired) electrons. The number of nitrogens with one attached hydrogen (secondary N) is 1. The van der Waals surface area contributed by atoms with Crippen LogP contribution in [0.3, 0.4) is 0 Å². The molecule has 1 amide bonds. The quantitative estimate of drug-likeness (QED) is 0.862. The summed E-state index contributed by atoms with van der Waals surface area (Å²) in [4.78, 5) is 15.7. The van der Waals surface area contributed by atoms with E-state index in [1.165, 1.54) is 16.5 Å². The van der Waals surface area contributed by atoms with Crippen molar-refractivity contribution in [1.82, 2.24) is 4.90 Å². The van der Waals surface area contributed by atoms with E-state index >= 15 is 0 Å². The summed E-state index contributed by atoms with van der Waals surface area (Å²) in [5.74, 6) is -0.624. The summed E-state index contributed by atoms with van der Waals surface area (Å²) in [7, 11) is 0. The summed E-state index contributed by atoms with van der Waals surface area (Å²) in [6, 6.07) is 6.96. The Morgan fingerprint density at radius 1 is 1.50 bits per heavy atom. The maximum Gasteiger partial charge on any atom is 0.238 e. The largest absolute Gasteiger partial charge is 0.322 e. The molecule has 1 N–H and O–H groups in total. The van der Waals surface area contributed by atoms with Gasteiger partial charge in [0, 0.05) is 21.9 Å². The predicted molar refractivity (Wildman–Crippen MR) is 90.7 cm³/mol. The number of benzene rings is 1. The van der Waals surface area contributed by atoms with Crippen LogP contribution in [0.4, 0.5) is 10.1 Å². The van der Waals surface area contributed by atoms with Crippen LogP contribution in [-0.4, -0.2) is 23.9 Å². The van der Waals surface area contributed by atoms with E-state index < -0.39 is 5.82 Å². The number of amides is 1. The molecule has 1 atom stereocenters. The molecule has 0 saturated carbocycles. The van der Waals surface area contributed by atoms with Gasteiger partial charge >= 0.3 is 0 Å². The number of thiophene rings is 1. The van der Waals surface area contributed by atoms with Crippen molar-refractivity contribution in [3.63, 3.8) is 0 Å². The van der Waals surface area contributed by atoms with Crippen LogP contribution < -0.4 is 5.32 Å². The molecule has 2 aromatic rings. The molecule has 1 aromatic heterocycles. The third kappa shape index (κ3) is 3.24. The van der Waals surface area contributed by atoms with Gasteiger partial charge in [0.05, 0.1) is 12.2 Å². The van der Waals surface area contributed by atoms with Gasteiger partial charge in [0.15, 0.2) is 0 Å². The maximum atomic E-state index is 13.8. The lowest BCUT2D eigenvalue weighted by Crippen LogP contribution is -2.39. The van der Waals surface area contributed by atoms with Crippen LogP contribution >= 0.6 is 27.3 Å². The number of anilines is 1. The Morgan fingerprint density at radius 2 is 2.32 bits per heavy atom. The first-order valence-electron chi connectivity index (χ1n) is 7.10. The van der Waals surface area contributed by atoms with Gasteiger partial charge in [0.2, 0.25) is 5.91 Å². The smallest absolute Gasteiger partial charge is 0.238 e. The fourth-order valence-corrected chi connectivity index (χ4v) is 4.04.